The zero-order chi connectivity index (χ0) is 25.6. The third-order valence-electron chi connectivity index (χ3n) is 6.65. The first-order chi connectivity index (χ1) is 17.6. The van der Waals surface area contributed by atoms with E-state index in [4.69, 9.17) is 19.6 Å². The van der Waals surface area contributed by atoms with E-state index in [1.807, 2.05) is 24.3 Å². The molecule has 1 aliphatic rings. The summed E-state index contributed by atoms with van der Waals surface area (Å²) in [4.78, 5) is 46.1. The molecule has 1 fully saturated rings. The third-order valence-corrected chi connectivity index (χ3v) is 6.65. The van der Waals surface area contributed by atoms with Crippen molar-refractivity contribution in [2.24, 2.45) is 0 Å². The standard InChI is InChI=1S/C30H40O6/c1-3-5-7-11-23-15-19-25(20-16-23)29(31)35-33-27-13-9-10-14-28(27)34-36-30(32)26-21-17-24(18-22-26)12-8-6-4-2/h15-22,27-28H,3-14H2,1-2H3. The Morgan fingerprint density at radius 3 is 1.39 bits per heavy atom. The summed E-state index contributed by atoms with van der Waals surface area (Å²) in [5.74, 6) is -1.09. The summed E-state index contributed by atoms with van der Waals surface area (Å²) in [7, 11) is 0. The van der Waals surface area contributed by atoms with Crippen LogP contribution in [0.5, 0.6) is 0 Å². The average Bonchev–Trinajstić information content (AvgIpc) is 2.92. The molecule has 2 atom stereocenters. The minimum atomic E-state index is -0.546. The monoisotopic (exact) mass is 496 g/mol. The SMILES string of the molecule is CCCCCc1ccc(C(=O)OOC2CCCCC2OOC(=O)c2ccc(CCCCC)cc2)cc1. The first kappa shape index (κ1) is 27.9. The highest BCUT2D eigenvalue weighted by Crippen LogP contribution is 2.25. The lowest BCUT2D eigenvalue weighted by molar-refractivity contribution is -0.352. The van der Waals surface area contributed by atoms with Gasteiger partial charge in [0.25, 0.3) is 0 Å². The van der Waals surface area contributed by atoms with Crippen LogP contribution in [0.15, 0.2) is 48.5 Å². The minimum Gasteiger partial charge on any atom is -0.292 e. The maximum atomic E-state index is 12.5. The van der Waals surface area contributed by atoms with Gasteiger partial charge in [0.1, 0.15) is 12.2 Å². The Balaban J connectivity index is 1.45. The normalized spacial score (nSPS) is 17.5. The summed E-state index contributed by atoms with van der Waals surface area (Å²) >= 11 is 0. The second-order valence-corrected chi connectivity index (χ2v) is 9.60. The van der Waals surface area contributed by atoms with Crippen LogP contribution in [-0.2, 0) is 32.4 Å². The van der Waals surface area contributed by atoms with Gasteiger partial charge in [-0.05, 0) is 73.9 Å². The van der Waals surface area contributed by atoms with Crippen LogP contribution in [0.4, 0.5) is 0 Å². The van der Waals surface area contributed by atoms with Crippen LogP contribution in [0.3, 0.4) is 0 Å². The van der Waals surface area contributed by atoms with E-state index in [0.29, 0.717) is 24.0 Å². The topological polar surface area (TPSA) is 71.1 Å². The summed E-state index contributed by atoms with van der Waals surface area (Å²) in [6, 6.07) is 14.9. The predicted octanol–water partition coefficient (Wildman–Crippen LogP) is 7.34. The Bertz CT molecular complexity index is 844. The van der Waals surface area contributed by atoms with Crippen LogP contribution in [0.2, 0.25) is 0 Å². The number of hydrogen-bond donors (Lipinski definition) is 0. The van der Waals surface area contributed by atoms with Gasteiger partial charge < -0.3 is 0 Å². The van der Waals surface area contributed by atoms with Crippen molar-refractivity contribution in [3.63, 3.8) is 0 Å². The molecule has 0 aliphatic heterocycles. The molecule has 1 saturated carbocycles. The molecule has 1 aliphatic carbocycles. The van der Waals surface area contributed by atoms with Crippen LogP contribution in [0.1, 0.15) is 110 Å². The van der Waals surface area contributed by atoms with Gasteiger partial charge in [0.05, 0.1) is 11.1 Å². The highest BCUT2D eigenvalue weighted by molar-refractivity contribution is 5.89. The van der Waals surface area contributed by atoms with E-state index in [0.717, 1.165) is 38.5 Å². The lowest BCUT2D eigenvalue weighted by Gasteiger charge is -2.28. The molecule has 196 valence electrons. The Kier molecular flexibility index (Phi) is 11.9. The van der Waals surface area contributed by atoms with Crippen LogP contribution in [0, 0.1) is 0 Å². The molecule has 2 unspecified atom stereocenters. The van der Waals surface area contributed by atoms with Crippen molar-refractivity contribution in [1.29, 1.82) is 0 Å². The molecule has 3 rings (SSSR count). The van der Waals surface area contributed by atoms with Crippen LogP contribution in [-0.4, -0.2) is 24.1 Å². The number of rotatable bonds is 14. The first-order valence-electron chi connectivity index (χ1n) is 13.5. The van der Waals surface area contributed by atoms with Crippen molar-refractivity contribution < 1.29 is 29.1 Å². The van der Waals surface area contributed by atoms with Gasteiger partial charge in [-0.25, -0.2) is 9.59 Å². The fraction of sp³-hybridized carbons (Fsp3) is 0.533. The van der Waals surface area contributed by atoms with Gasteiger partial charge in [0.15, 0.2) is 0 Å². The fourth-order valence-corrected chi connectivity index (χ4v) is 4.36. The lowest BCUT2D eigenvalue weighted by Crippen LogP contribution is -2.36. The minimum absolute atomic E-state index is 0.437. The molecule has 0 spiro atoms. The summed E-state index contributed by atoms with van der Waals surface area (Å²) in [6.45, 7) is 4.36. The Morgan fingerprint density at radius 1 is 0.639 bits per heavy atom. The van der Waals surface area contributed by atoms with Gasteiger partial charge in [-0.2, -0.15) is 9.78 Å². The third kappa shape index (κ3) is 9.07. The molecule has 2 aromatic carbocycles. The maximum Gasteiger partial charge on any atom is 0.373 e. The second-order valence-electron chi connectivity index (χ2n) is 9.60. The fourth-order valence-electron chi connectivity index (χ4n) is 4.36. The van der Waals surface area contributed by atoms with Crippen LogP contribution in [0.25, 0.3) is 0 Å². The summed E-state index contributed by atoms with van der Waals surface area (Å²) < 4.78 is 0. The molecule has 0 saturated heterocycles. The van der Waals surface area contributed by atoms with E-state index < -0.39 is 24.1 Å². The number of aryl methyl sites for hydroxylation is 2. The molecule has 0 radical (unpaired) electrons. The second kappa shape index (κ2) is 15.4. The molecule has 0 aromatic heterocycles. The number of benzene rings is 2. The molecule has 0 N–H and O–H groups in total. The molecular weight excluding hydrogens is 456 g/mol. The van der Waals surface area contributed by atoms with Crippen molar-refractivity contribution >= 4 is 11.9 Å². The van der Waals surface area contributed by atoms with Gasteiger partial charge in [0.2, 0.25) is 0 Å². The number of carbonyl (C=O) groups excluding carboxylic acids is 2. The molecule has 36 heavy (non-hydrogen) atoms. The van der Waals surface area contributed by atoms with E-state index in [2.05, 4.69) is 13.8 Å². The van der Waals surface area contributed by atoms with E-state index >= 15 is 0 Å². The Labute approximate surface area is 215 Å². The van der Waals surface area contributed by atoms with Gasteiger partial charge in [-0.15, -0.1) is 0 Å². The molecule has 0 amide bonds. The molecule has 2 aromatic rings. The van der Waals surface area contributed by atoms with Crippen molar-refractivity contribution in [2.45, 2.75) is 103 Å². The van der Waals surface area contributed by atoms with Crippen molar-refractivity contribution in [3.05, 3.63) is 70.8 Å². The zero-order valence-corrected chi connectivity index (χ0v) is 21.7. The van der Waals surface area contributed by atoms with Crippen LogP contribution >= 0.6 is 0 Å². The molecule has 0 heterocycles. The van der Waals surface area contributed by atoms with Crippen LogP contribution < -0.4 is 0 Å². The van der Waals surface area contributed by atoms with E-state index in [1.165, 1.54) is 36.8 Å². The van der Waals surface area contributed by atoms with Crippen molar-refractivity contribution in [2.75, 3.05) is 0 Å². The zero-order valence-electron chi connectivity index (χ0n) is 21.7. The highest BCUT2D eigenvalue weighted by atomic mass is 17.2. The summed E-state index contributed by atoms with van der Waals surface area (Å²) in [6.07, 6.45) is 11.2. The summed E-state index contributed by atoms with van der Waals surface area (Å²) in [5, 5.41) is 0. The Morgan fingerprint density at radius 2 is 1.03 bits per heavy atom. The van der Waals surface area contributed by atoms with E-state index in [9.17, 15) is 9.59 Å². The molecule has 6 heteroatoms. The van der Waals surface area contributed by atoms with Gasteiger partial charge >= 0.3 is 11.9 Å². The number of carbonyl (C=O) groups is 2. The molecule has 6 nitrogen and oxygen atoms in total. The summed E-state index contributed by atoms with van der Waals surface area (Å²) in [5.41, 5.74) is 3.28. The quantitative estimate of drug-likeness (QED) is 0.155. The van der Waals surface area contributed by atoms with Crippen molar-refractivity contribution in [1.82, 2.24) is 0 Å². The number of hydrogen-bond acceptors (Lipinski definition) is 6. The van der Waals surface area contributed by atoms with E-state index in [1.54, 1.807) is 24.3 Å². The molecular formula is C30H40O6. The number of unbranched alkanes of at least 4 members (excludes halogenated alkanes) is 4. The smallest absolute Gasteiger partial charge is 0.292 e. The molecule has 0 bridgehead atoms. The first-order valence-corrected chi connectivity index (χ1v) is 13.5. The highest BCUT2D eigenvalue weighted by Gasteiger charge is 2.31. The van der Waals surface area contributed by atoms with Gasteiger partial charge in [-0.3, -0.25) is 9.78 Å². The van der Waals surface area contributed by atoms with Crippen molar-refractivity contribution in [3.8, 4) is 0 Å². The lowest BCUT2D eigenvalue weighted by atomic mass is 9.95. The average molecular weight is 497 g/mol. The predicted molar refractivity (Wildman–Crippen MR) is 138 cm³/mol. The maximum absolute atomic E-state index is 12.5. The van der Waals surface area contributed by atoms with Gasteiger partial charge in [-0.1, -0.05) is 76.6 Å². The Hall–Kier alpha value is -2.70. The van der Waals surface area contributed by atoms with Gasteiger partial charge in [0, 0.05) is 0 Å². The largest absolute Gasteiger partial charge is 0.373 e. The van der Waals surface area contributed by atoms with E-state index in [-0.39, 0.29) is 0 Å².